The smallest absolute Gasteiger partial charge is 0.0223 e. The molecule has 2 atom stereocenters. The second-order valence-corrected chi connectivity index (χ2v) is 5.29. The van der Waals surface area contributed by atoms with E-state index < -0.39 is 0 Å². The van der Waals surface area contributed by atoms with Gasteiger partial charge in [-0.1, -0.05) is 6.92 Å². The Morgan fingerprint density at radius 1 is 1.27 bits per heavy atom. The summed E-state index contributed by atoms with van der Waals surface area (Å²) in [6, 6.07) is 0.845. The molecule has 0 aromatic rings. The first-order valence-corrected chi connectivity index (χ1v) is 6.46. The summed E-state index contributed by atoms with van der Waals surface area (Å²) in [4.78, 5) is 5.32. The van der Waals surface area contributed by atoms with Crippen molar-refractivity contribution in [1.29, 1.82) is 0 Å². The van der Waals surface area contributed by atoms with Crippen LogP contribution in [0.4, 0.5) is 0 Å². The minimum absolute atomic E-state index is 0.651. The summed E-state index contributed by atoms with van der Waals surface area (Å²) in [5.74, 6) is 0.651. The van der Waals surface area contributed by atoms with Crippen LogP contribution in [-0.2, 0) is 0 Å². The molecule has 0 spiro atoms. The average molecular weight is 211 g/mol. The summed E-state index contributed by atoms with van der Waals surface area (Å²) in [6.45, 7) is 9.49. The SMILES string of the molecule is CC(CN)CN1CCCN2CCCC2C1. The number of fused-ring (bicyclic) bond motifs is 1. The van der Waals surface area contributed by atoms with E-state index >= 15 is 0 Å². The zero-order valence-corrected chi connectivity index (χ0v) is 9.99. The monoisotopic (exact) mass is 211 g/mol. The van der Waals surface area contributed by atoms with Gasteiger partial charge in [0.1, 0.15) is 0 Å². The summed E-state index contributed by atoms with van der Waals surface area (Å²) in [5, 5.41) is 0. The fourth-order valence-electron chi connectivity index (χ4n) is 2.96. The number of hydrogen-bond acceptors (Lipinski definition) is 3. The molecule has 0 saturated carbocycles. The molecule has 0 aromatic heterocycles. The Bertz CT molecular complexity index is 195. The fourth-order valence-corrected chi connectivity index (χ4v) is 2.96. The maximum atomic E-state index is 5.70. The Labute approximate surface area is 93.6 Å². The highest BCUT2D eigenvalue weighted by atomic mass is 15.3. The van der Waals surface area contributed by atoms with Gasteiger partial charge in [0, 0.05) is 19.1 Å². The van der Waals surface area contributed by atoms with Crippen LogP contribution in [0.25, 0.3) is 0 Å². The largest absolute Gasteiger partial charge is 0.330 e. The molecule has 0 bridgehead atoms. The standard InChI is InChI=1S/C12H25N3/c1-11(8-13)9-14-5-3-7-15-6-2-4-12(15)10-14/h11-12H,2-10,13H2,1H3. The summed E-state index contributed by atoms with van der Waals surface area (Å²) in [7, 11) is 0. The lowest BCUT2D eigenvalue weighted by Crippen LogP contribution is -2.39. The lowest BCUT2D eigenvalue weighted by Gasteiger charge is -2.27. The zero-order valence-electron chi connectivity index (χ0n) is 9.99. The van der Waals surface area contributed by atoms with Crippen molar-refractivity contribution in [3.8, 4) is 0 Å². The van der Waals surface area contributed by atoms with Gasteiger partial charge >= 0.3 is 0 Å². The number of nitrogens with zero attached hydrogens (tertiary/aromatic N) is 2. The lowest BCUT2D eigenvalue weighted by molar-refractivity contribution is 0.203. The van der Waals surface area contributed by atoms with Crippen LogP contribution in [0.2, 0.25) is 0 Å². The molecular weight excluding hydrogens is 186 g/mol. The van der Waals surface area contributed by atoms with Gasteiger partial charge in [0.05, 0.1) is 0 Å². The van der Waals surface area contributed by atoms with Gasteiger partial charge in [-0.25, -0.2) is 0 Å². The fraction of sp³-hybridized carbons (Fsp3) is 1.00. The van der Waals surface area contributed by atoms with E-state index in [0.717, 1.165) is 12.6 Å². The Kier molecular flexibility index (Phi) is 4.00. The van der Waals surface area contributed by atoms with Crippen LogP contribution < -0.4 is 5.73 Å². The molecule has 15 heavy (non-hydrogen) atoms. The van der Waals surface area contributed by atoms with E-state index in [1.54, 1.807) is 0 Å². The van der Waals surface area contributed by atoms with E-state index in [4.69, 9.17) is 5.73 Å². The summed E-state index contributed by atoms with van der Waals surface area (Å²) in [5.41, 5.74) is 5.70. The van der Waals surface area contributed by atoms with E-state index in [1.807, 2.05) is 0 Å². The highest BCUT2D eigenvalue weighted by Gasteiger charge is 2.28. The van der Waals surface area contributed by atoms with Crippen LogP contribution in [0.15, 0.2) is 0 Å². The molecular formula is C12H25N3. The van der Waals surface area contributed by atoms with Crippen molar-refractivity contribution in [2.24, 2.45) is 11.7 Å². The van der Waals surface area contributed by atoms with E-state index in [2.05, 4.69) is 16.7 Å². The van der Waals surface area contributed by atoms with Gasteiger partial charge in [0.15, 0.2) is 0 Å². The molecule has 2 saturated heterocycles. The van der Waals surface area contributed by atoms with E-state index in [0.29, 0.717) is 5.92 Å². The van der Waals surface area contributed by atoms with Crippen LogP contribution in [-0.4, -0.2) is 55.1 Å². The van der Waals surface area contributed by atoms with Gasteiger partial charge in [-0.05, 0) is 51.4 Å². The van der Waals surface area contributed by atoms with E-state index in [9.17, 15) is 0 Å². The molecule has 2 unspecified atom stereocenters. The van der Waals surface area contributed by atoms with Crippen LogP contribution >= 0.6 is 0 Å². The minimum atomic E-state index is 0.651. The summed E-state index contributed by atoms with van der Waals surface area (Å²) < 4.78 is 0. The third-order valence-corrected chi connectivity index (χ3v) is 3.86. The van der Waals surface area contributed by atoms with E-state index in [-0.39, 0.29) is 0 Å². The van der Waals surface area contributed by atoms with Gasteiger partial charge in [-0.3, -0.25) is 4.90 Å². The minimum Gasteiger partial charge on any atom is -0.330 e. The number of hydrogen-bond donors (Lipinski definition) is 1. The molecule has 0 radical (unpaired) electrons. The lowest BCUT2D eigenvalue weighted by atomic mass is 10.1. The van der Waals surface area contributed by atoms with Gasteiger partial charge in [0.2, 0.25) is 0 Å². The van der Waals surface area contributed by atoms with Crippen molar-refractivity contribution in [3.05, 3.63) is 0 Å². The second kappa shape index (κ2) is 5.28. The van der Waals surface area contributed by atoms with Crippen molar-refractivity contribution in [2.75, 3.05) is 39.3 Å². The average Bonchev–Trinajstić information content (AvgIpc) is 2.58. The first kappa shape index (κ1) is 11.4. The molecule has 0 aromatic carbocycles. The van der Waals surface area contributed by atoms with Crippen LogP contribution in [0.1, 0.15) is 26.2 Å². The molecule has 0 aliphatic carbocycles. The maximum Gasteiger partial charge on any atom is 0.0223 e. The first-order valence-electron chi connectivity index (χ1n) is 6.46. The van der Waals surface area contributed by atoms with Crippen molar-refractivity contribution >= 4 is 0 Å². The van der Waals surface area contributed by atoms with Crippen LogP contribution in [0.3, 0.4) is 0 Å². The number of rotatable bonds is 3. The topological polar surface area (TPSA) is 32.5 Å². The third kappa shape index (κ3) is 2.92. The van der Waals surface area contributed by atoms with Crippen molar-refractivity contribution in [2.45, 2.75) is 32.2 Å². The Balaban J connectivity index is 1.85. The van der Waals surface area contributed by atoms with Crippen LogP contribution in [0, 0.1) is 5.92 Å². The molecule has 2 aliphatic rings. The van der Waals surface area contributed by atoms with E-state index in [1.165, 1.54) is 52.0 Å². The highest BCUT2D eigenvalue weighted by molar-refractivity contribution is 4.85. The molecule has 2 rings (SSSR count). The predicted molar refractivity (Wildman–Crippen MR) is 63.9 cm³/mol. The quantitative estimate of drug-likeness (QED) is 0.748. The van der Waals surface area contributed by atoms with Crippen molar-refractivity contribution < 1.29 is 0 Å². The highest BCUT2D eigenvalue weighted by Crippen LogP contribution is 2.21. The second-order valence-electron chi connectivity index (χ2n) is 5.29. The predicted octanol–water partition coefficient (Wildman–Crippen LogP) is 0.751. The Hall–Kier alpha value is -0.120. The normalized spacial score (nSPS) is 31.2. The Morgan fingerprint density at radius 2 is 2.07 bits per heavy atom. The molecule has 2 heterocycles. The third-order valence-electron chi connectivity index (χ3n) is 3.86. The molecule has 2 aliphatic heterocycles. The zero-order chi connectivity index (χ0) is 10.7. The molecule has 2 fully saturated rings. The van der Waals surface area contributed by atoms with Gasteiger partial charge in [-0.2, -0.15) is 0 Å². The first-order chi connectivity index (χ1) is 7.29. The van der Waals surface area contributed by atoms with Crippen molar-refractivity contribution in [3.63, 3.8) is 0 Å². The Morgan fingerprint density at radius 3 is 2.87 bits per heavy atom. The molecule has 3 heteroatoms. The van der Waals surface area contributed by atoms with Crippen LogP contribution in [0.5, 0.6) is 0 Å². The van der Waals surface area contributed by atoms with Gasteiger partial charge in [0.25, 0.3) is 0 Å². The molecule has 0 amide bonds. The molecule has 2 N–H and O–H groups in total. The van der Waals surface area contributed by atoms with Gasteiger partial charge in [-0.15, -0.1) is 0 Å². The maximum absolute atomic E-state index is 5.70. The molecule has 3 nitrogen and oxygen atoms in total. The summed E-state index contributed by atoms with van der Waals surface area (Å²) in [6.07, 6.45) is 4.16. The summed E-state index contributed by atoms with van der Waals surface area (Å²) >= 11 is 0. The van der Waals surface area contributed by atoms with Gasteiger partial charge < -0.3 is 10.6 Å². The number of nitrogens with two attached hydrogens (primary N) is 1. The molecule has 88 valence electrons. The van der Waals surface area contributed by atoms with Crippen molar-refractivity contribution in [1.82, 2.24) is 9.80 Å².